The van der Waals surface area contributed by atoms with Crippen LogP contribution in [0.3, 0.4) is 0 Å². The molecule has 13 heavy (non-hydrogen) atoms. The van der Waals surface area contributed by atoms with Gasteiger partial charge in [-0.25, -0.2) is 0 Å². The highest BCUT2D eigenvalue weighted by Crippen LogP contribution is 2.15. The standard InChI is InChI=1S/C8H7IO3S/c1-2-13(10,11)12-8-5-3-7(9)4-6-8/h2-6H,1H2. The van der Waals surface area contributed by atoms with Gasteiger partial charge < -0.3 is 4.18 Å². The van der Waals surface area contributed by atoms with Crippen LogP contribution in [0.5, 0.6) is 5.75 Å². The van der Waals surface area contributed by atoms with Gasteiger partial charge in [0.15, 0.2) is 0 Å². The Morgan fingerprint density at radius 3 is 2.31 bits per heavy atom. The van der Waals surface area contributed by atoms with Crippen molar-refractivity contribution >= 4 is 32.7 Å². The molecule has 0 aliphatic heterocycles. The van der Waals surface area contributed by atoms with Crippen molar-refractivity contribution in [3.63, 3.8) is 0 Å². The fourth-order valence-corrected chi connectivity index (χ4v) is 1.47. The lowest BCUT2D eigenvalue weighted by atomic mass is 10.3. The van der Waals surface area contributed by atoms with E-state index in [-0.39, 0.29) is 0 Å². The van der Waals surface area contributed by atoms with Crippen molar-refractivity contribution < 1.29 is 12.6 Å². The molecule has 0 bridgehead atoms. The van der Waals surface area contributed by atoms with Gasteiger partial charge in [-0.1, -0.05) is 6.58 Å². The maximum absolute atomic E-state index is 10.9. The average molecular weight is 310 g/mol. The SMILES string of the molecule is C=CS(=O)(=O)Oc1ccc(I)cc1. The van der Waals surface area contributed by atoms with Gasteiger partial charge in [-0.3, -0.25) is 0 Å². The van der Waals surface area contributed by atoms with E-state index in [9.17, 15) is 8.42 Å². The first-order valence-corrected chi connectivity index (χ1v) is 5.91. The molecule has 0 radical (unpaired) electrons. The van der Waals surface area contributed by atoms with E-state index in [0.29, 0.717) is 5.75 Å². The van der Waals surface area contributed by atoms with Crippen molar-refractivity contribution in [2.45, 2.75) is 0 Å². The Labute approximate surface area is 90.7 Å². The second kappa shape index (κ2) is 4.10. The Morgan fingerprint density at radius 1 is 1.31 bits per heavy atom. The summed E-state index contributed by atoms with van der Waals surface area (Å²) in [4.78, 5) is 0. The molecule has 1 rings (SSSR count). The predicted molar refractivity (Wildman–Crippen MR) is 58.9 cm³/mol. The van der Waals surface area contributed by atoms with Crippen LogP contribution in [-0.4, -0.2) is 8.42 Å². The van der Waals surface area contributed by atoms with Gasteiger partial charge in [0.05, 0.1) is 5.41 Å². The molecule has 0 saturated heterocycles. The van der Waals surface area contributed by atoms with Gasteiger partial charge in [-0.15, -0.1) is 0 Å². The third-order valence-corrected chi connectivity index (χ3v) is 2.78. The molecule has 1 aromatic rings. The van der Waals surface area contributed by atoms with E-state index in [1.165, 1.54) is 0 Å². The molecule has 0 unspecified atom stereocenters. The summed E-state index contributed by atoms with van der Waals surface area (Å²) < 4.78 is 27.5. The van der Waals surface area contributed by atoms with Crippen molar-refractivity contribution in [2.24, 2.45) is 0 Å². The van der Waals surface area contributed by atoms with Crippen LogP contribution < -0.4 is 4.18 Å². The Bertz CT molecular complexity index is 394. The Kier molecular flexibility index (Phi) is 3.32. The molecule has 0 N–H and O–H groups in total. The number of benzene rings is 1. The Morgan fingerprint density at radius 2 is 1.85 bits per heavy atom. The molecule has 0 heterocycles. The zero-order chi connectivity index (χ0) is 9.90. The third kappa shape index (κ3) is 3.35. The van der Waals surface area contributed by atoms with Crippen LogP contribution in [0, 0.1) is 3.57 Å². The molecule has 0 saturated carbocycles. The minimum atomic E-state index is -3.62. The summed E-state index contributed by atoms with van der Waals surface area (Å²) in [7, 11) is -3.62. The monoisotopic (exact) mass is 310 g/mol. The van der Waals surface area contributed by atoms with E-state index in [0.717, 1.165) is 8.98 Å². The summed E-state index contributed by atoms with van der Waals surface area (Å²) in [5.74, 6) is 0.292. The minimum Gasteiger partial charge on any atom is -0.379 e. The van der Waals surface area contributed by atoms with Gasteiger partial charge in [0.1, 0.15) is 5.75 Å². The van der Waals surface area contributed by atoms with Crippen LogP contribution in [0.25, 0.3) is 0 Å². The van der Waals surface area contributed by atoms with E-state index in [1.54, 1.807) is 24.3 Å². The minimum absolute atomic E-state index is 0.292. The maximum Gasteiger partial charge on any atom is 0.331 e. The first kappa shape index (κ1) is 10.5. The van der Waals surface area contributed by atoms with Crippen molar-refractivity contribution in [1.29, 1.82) is 0 Å². The van der Waals surface area contributed by atoms with Gasteiger partial charge >= 0.3 is 10.1 Å². The van der Waals surface area contributed by atoms with Crippen molar-refractivity contribution in [3.8, 4) is 5.75 Å². The summed E-state index contributed by atoms with van der Waals surface area (Å²) >= 11 is 2.12. The molecule has 0 aliphatic rings. The lowest BCUT2D eigenvalue weighted by Gasteiger charge is -2.01. The van der Waals surface area contributed by atoms with Gasteiger partial charge in [-0.05, 0) is 46.9 Å². The van der Waals surface area contributed by atoms with Crippen molar-refractivity contribution in [3.05, 3.63) is 39.8 Å². The fourth-order valence-electron chi connectivity index (χ4n) is 0.658. The van der Waals surface area contributed by atoms with Gasteiger partial charge in [0.2, 0.25) is 0 Å². The molecule has 3 nitrogen and oxygen atoms in total. The van der Waals surface area contributed by atoms with Crippen molar-refractivity contribution in [1.82, 2.24) is 0 Å². The largest absolute Gasteiger partial charge is 0.379 e. The van der Waals surface area contributed by atoms with Crippen LogP contribution in [-0.2, 0) is 10.1 Å². The summed E-state index contributed by atoms with van der Waals surface area (Å²) in [6.45, 7) is 3.13. The molecule has 0 spiro atoms. The van der Waals surface area contributed by atoms with Crippen LogP contribution in [0.1, 0.15) is 0 Å². The molecule has 0 atom stereocenters. The van der Waals surface area contributed by atoms with E-state index in [2.05, 4.69) is 33.4 Å². The molecular weight excluding hydrogens is 303 g/mol. The van der Waals surface area contributed by atoms with Gasteiger partial charge in [-0.2, -0.15) is 8.42 Å². The zero-order valence-corrected chi connectivity index (χ0v) is 9.58. The van der Waals surface area contributed by atoms with Gasteiger partial charge in [0, 0.05) is 3.57 Å². The van der Waals surface area contributed by atoms with Crippen LogP contribution >= 0.6 is 22.6 Å². The lowest BCUT2D eigenvalue weighted by molar-refractivity contribution is 0.497. The normalized spacial score (nSPS) is 10.8. The molecule has 0 aromatic heterocycles. The quantitative estimate of drug-likeness (QED) is 0.635. The summed E-state index contributed by atoms with van der Waals surface area (Å²) in [5.41, 5.74) is 0. The Balaban J connectivity index is 2.88. The number of hydrogen-bond acceptors (Lipinski definition) is 3. The van der Waals surface area contributed by atoms with E-state index < -0.39 is 10.1 Å². The summed E-state index contributed by atoms with van der Waals surface area (Å²) in [6.07, 6.45) is 0. The highest BCUT2D eigenvalue weighted by atomic mass is 127. The molecule has 0 fully saturated rings. The average Bonchev–Trinajstić information content (AvgIpc) is 2.09. The molecule has 1 aromatic carbocycles. The second-order valence-corrected chi connectivity index (χ2v) is 4.93. The molecule has 5 heteroatoms. The number of rotatable bonds is 3. The van der Waals surface area contributed by atoms with Crippen molar-refractivity contribution in [2.75, 3.05) is 0 Å². The second-order valence-electron chi connectivity index (χ2n) is 2.20. The van der Waals surface area contributed by atoms with E-state index in [4.69, 9.17) is 0 Å². The summed E-state index contributed by atoms with van der Waals surface area (Å²) in [6, 6.07) is 6.69. The fraction of sp³-hybridized carbons (Fsp3) is 0. The highest BCUT2D eigenvalue weighted by Gasteiger charge is 2.05. The van der Waals surface area contributed by atoms with Crippen LogP contribution in [0.15, 0.2) is 36.3 Å². The smallest absolute Gasteiger partial charge is 0.331 e. The Hall–Kier alpha value is -0.560. The van der Waals surface area contributed by atoms with Crippen LogP contribution in [0.2, 0.25) is 0 Å². The number of halogens is 1. The topological polar surface area (TPSA) is 43.4 Å². The number of hydrogen-bond donors (Lipinski definition) is 0. The molecule has 70 valence electrons. The summed E-state index contributed by atoms with van der Waals surface area (Å²) in [5, 5.41) is 0.769. The molecular formula is C8H7IO3S. The van der Waals surface area contributed by atoms with E-state index >= 15 is 0 Å². The molecule has 0 amide bonds. The maximum atomic E-state index is 10.9. The molecule has 0 aliphatic carbocycles. The third-order valence-electron chi connectivity index (χ3n) is 1.23. The first-order chi connectivity index (χ1) is 6.03. The van der Waals surface area contributed by atoms with E-state index in [1.807, 2.05) is 0 Å². The van der Waals surface area contributed by atoms with Crippen LogP contribution in [0.4, 0.5) is 0 Å². The predicted octanol–water partition coefficient (Wildman–Crippen LogP) is 2.14. The van der Waals surface area contributed by atoms with Gasteiger partial charge in [0.25, 0.3) is 0 Å². The first-order valence-electron chi connectivity index (χ1n) is 3.36. The lowest BCUT2D eigenvalue weighted by Crippen LogP contribution is -2.04. The highest BCUT2D eigenvalue weighted by molar-refractivity contribution is 14.1. The zero-order valence-electron chi connectivity index (χ0n) is 6.60.